The van der Waals surface area contributed by atoms with E-state index >= 15 is 0 Å². The lowest BCUT2D eigenvalue weighted by Crippen LogP contribution is -2.49. The number of carbonyl (C=O) groups is 3. The SMILES string of the molecule is O=C1CC(N(CCN2CCOCC2)C(=O)c2cccs2)C(=O)N1c1ccc(Cl)cc1. The van der Waals surface area contributed by atoms with Crippen LogP contribution in [-0.4, -0.2) is 73.0 Å². The molecule has 30 heavy (non-hydrogen) atoms. The molecule has 0 spiro atoms. The highest BCUT2D eigenvalue weighted by atomic mass is 35.5. The molecule has 1 aromatic heterocycles. The Morgan fingerprint density at radius 2 is 1.90 bits per heavy atom. The van der Waals surface area contributed by atoms with Crippen molar-refractivity contribution in [2.75, 3.05) is 44.3 Å². The van der Waals surface area contributed by atoms with Crippen LogP contribution in [0.25, 0.3) is 0 Å². The van der Waals surface area contributed by atoms with Crippen molar-refractivity contribution in [3.05, 3.63) is 51.7 Å². The zero-order valence-corrected chi connectivity index (χ0v) is 17.9. The van der Waals surface area contributed by atoms with E-state index in [9.17, 15) is 14.4 Å². The van der Waals surface area contributed by atoms with Gasteiger partial charge in [-0.3, -0.25) is 19.3 Å². The second-order valence-corrected chi connectivity index (χ2v) is 8.58. The summed E-state index contributed by atoms with van der Waals surface area (Å²) in [5, 5.41) is 2.35. The van der Waals surface area contributed by atoms with E-state index in [-0.39, 0.29) is 24.1 Å². The van der Waals surface area contributed by atoms with Crippen LogP contribution < -0.4 is 4.90 Å². The zero-order valence-electron chi connectivity index (χ0n) is 16.3. The van der Waals surface area contributed by atoms with E-state index in [2.05, 4.69) is 4.90 Å². The maximum absolute atomic E-state index is 13.2. The number of hydrogen-bond acceptors (Lipinski definition) is 6. The van der Waals surface area contributed by atoms with Crippen molar-refractivity contribution < 1.29 is 19.1 Å². The molecule has 9 heteroatoms. The number of imide groups is 1. The minimum absolute atomic E-state index is 0.0261. The van der Waals surface area contributed by atoms with Crippen LogP contribution in [0.1, 0.15) is 16.1 Å². The van der Waals surface area contributed by atoms with Crippen molar-refractivity contribution in [2.24, 2.45) is 0 Å². The van der Waals surface area contributed by atoms with Gasteiger partial charge in [0, 0.05) is 31.2 Å². The topological polar surface area (TPSA) is 70.2 Å². The van der Waals surface area contributed by atoms with Crippen molar-refractivity contribution in [3.8, 4) is 0 Å². The molecule has 7 nitrogen and oxygen atoms in total. The van der Waals surface area contributed by atoms with Gasteiger partial charge in [-0.15, -0.1) is 11.3 Å². The van der Waals surface area contributed by atoms with Gasteiger partial charge in [-0.05, 0) is 35.7 Å². The third-order valence-corrected chi connectivity index (χ3v) is 6.45. The monoisotopic (exact) mass is 447 g/mol. The van der Waals surface area contributed by atoms with Crippen LogP contribution in [0.2, 0.25) is 5.02 Å². The number of rotatable bonds is 6. The summed E-state index contributed by atoms with van der Waals surface area (Å²) < 4.78 is 5.38. The van der Waals surface area contributed by atoms with E-state index in [1.807, 2.05) is 5.38 Å². The van der Waals surface area contributed by atoms with Gasteiger partial charge in [-0.2, -0.15) is 0 Å². The van der Waals surface area contributed by atoms with Gasteiger partial charge in [0.2, 0.25) is 5.91 Å². The number of nitrogens with zero attached hydrogens (tertiary/aromatic N) is 3. The van der Waals surface area contributed by atoms with Gasteiger partial charge in [0.05, 0.1) is 30.2 Å². The van der Waals surface area contributed by atoms with Crippen molar-refractivity contribution in [1.29, 1.82) is 0 Å². The molecule has 2 aliphatic rings. The van der Waals surface area contributed by atoms with E-state index in [1.165, 1.54) is 11.3 Å². The number of benzene rings is 1. The van der Waals surface area contributed by atoms with Crippen LogP contribution in [0.5, 0.6) is 0 Å². The number of amides is 3. The molecule has 2 aliphatic heterocycles. The minimum atomic E-state index is -0.816. The molecule has 1 aromatic carbocycles. The second kappa shape index (κ2) is 9.26. The average Bonchev–Trinajstić information content (AvgIpc) is 3.39. The quantitative estimate of drug-likeness (QED) is 0.636. The fourth-order valence-electron chi connectivity index (χ4n) is 3.74. The van der Waals surface area contributed by atoms with Crippen LogP contribution in [0.4, 0.5) is 5.69 Å². The van der Waals surface area contributed by atoms with Gasteiger partial charge in [0.1, 0.15) is 6.04 Å². The summed E-state index contributed by atoms with van der Waals surface area (Å²) in [7, 11) is 0. The van der Waals surface area contributed by atoms with Crippen molar-refractivity contribution >= 4 is 46.3 Å². The smallest absolute Gasteiger partial charge is 0.264 e. The summed E-state index contributed by atoms with van der Waals surface area (Å²) in [4.78, 5) is 44.6. The first-order valence-corrected chi connectivity index (χ1v) is 11.1. The van der Waals surface area contributed by atoms with E-state index in [0.717, 1.165) is 18.0 Å². The van der Waals surface area contributed by atoms with E-state index in [0.29, 0.717) is 41.9 Å². The fraction of sp³-hybridized carbons (Fsp3) is 0.381. The molecule has 2 aromatic rings. The molecule has 1 atom stereocenters. The number of halogens is 1. The normalized spacial score (nSPS) is 20.0. The van der Waals surface area contributed by atoms with Gasteiger partial charge in [-0.25, -0.2) is 4.90 Å². The molecule has 3 heterocycles. The van der Waals surface area contributed by atoms with Crippen LogP contribution in [0.3, 0.4) is 0 Å². The summed E-state index contributed by atoms with van der Waals surface area (Å²) in [6.45, 7) is 3.88. The third-order valence-electron chi connectivity index (χ3n) is 5.34. The predicted octanol–water partition coefficient (Wildman–Crippen LogP) is 2.51. The largest absolute Gasteiger partial charge is 0.379 e. The Morgan fingerprint density at radius 1 is 1.17 bits per heavy atom. The Bertz CT molecular complexity index is 913. The number of thiophene rings is 1. The molecule has 0 radical (unpaired) electrons. The standard InChI is InChI=1S/C21H22ClN3O4S/c22-15-3-5-16(6-4-15)25-19(26)14-17(20(25)27)24(21(28)18-2-1-13-30-18)8-7-23-9-11-29-12-10-23/h1-6,13,17H,7-12,14H2. The highest BCUT2D eigenvalue weighted by Crippen LogP contribution is 2.28. The summed E-state index contributed by atoms with van der Waals surface area (Å²) in [5.74, 6) is -0.917. The lowest BCUT2D eigenvalue weighted by Gasteiger charge is -2.32. The number of anilines is 1. The van der Waals surface area contributed by atoms with Crippen molar-refractivity contribution in [3.63, 3.8) is 0 Å². The van der Waals surface area contributed by atoms with E-state index < -0.39 is 6.04 Å². The van der Waals surface area contributed by atoms with Crippen LogP contribution in [0.15, 0.2) is 41.8 Å². The summed E-state index contributed by atoms with van der Waals surface area (Å²) in [6, 6.07) is 9.28. The first kappa shape index (κ1) is 21.0. The number of carbonyl (C=O) groups excluding carboxylic acids is 3. The fourth-order valence-corrected chi connectivity index (χ4v) is 4.54. The Morgan fingerprint density at radius 3 is 2.57 bits per heavy atom. The van der Waals surface area contributed by atoms with Crippen molar-refractivity contribution in [1.82, 2.24) is 9.80 Å². The molecule has 0 bridgehead atoms. The summed E-state index contributed by atoms with van der Waals surface area (Å²) in [6.07, 6.45) is -0.0261. The third kappa shape index (κ3) is 4.41. The van der Waals surface area contributed by atoms with Gasteiger partial charge in [-0.1, -0.05) is 17.7 Å². The van der Waals surface area contributed by atoms with Gasteiger partial charge in [0.25, 0.3) is 11.8 Å². The predicted molar refractivity (Wildman–Crippen MR) is 115 cm³/mol. The zero-order chi connectivity index (χ0) is 21.1. The maximum Gasteiger partial charge on any atom is 0.264 e. The maximum atomic E-state index is 13.2. The van der Waals surface area contributed by atoms with Crippen LogP contribution in [0, 0.1) is 0 Å². The molecule has 0 saturated carbocycles. The molecular formula is C21H22ClN3O4S. The Labute approximate surface area is 183 Å². The lowest BCUT2D eigenvalue weighted by molar-refractivity contribution is -0.122. The molecule has 158 valence electrons. The van der Waals surface area contributed by atoms with Crippen LogP contribution >= 0.6 is 22.9 Å². The summed E-state index contributed by atoms with van der Waals surface area (Å²) in [5.41, 5.74) is 0.466. The molecule has 2 saturated heterocycles. The molecule has 0 N–H and O–H groups in total. The molecule has 2 fully saturated rings. The Kier molecular flexibility index (Phi) is 6.48. The van der Waals surface area contributed by atoms with E-state index in [4.69, 9.17) is 16.3 Å². The van der Waals surface area contributed by atoms with Gasteiger partial charge >= 0.3 is 0 Å². The molecule has 4 rings (SSSR count). The number of morpholine rings is 1. The molecule has 3 amide bonds. The molecule has 0 aliphatic carbocycles. The van der Waals surface area contributed by atoms with Gasteiger partial charge in [0.15, 0.2) is 0 Å². The molecular weight excluding hydrogens is 426 g/mol. The number of hydrogen-bond donors (Lipinski definition) is 0. The lowest BCUT2D eigenvalue weighted by atomic mass is 10.2. The average molecular weight is 448 g/mol. The second-order valence-electron chi connectivity index (χ2n) is 7.19. The van der Waals surface area contributed by atoms with Crippen molar-refractivity contribution in [2.45, 2.75) is 12.5 Å². The first-order chi connectivity index (χ1) is 14.5. The summed E-state index contributed by atoms with van der Waals surface area (Å²) >= 11 is 7.26. The van der Waals surface area contributed by atoms with Gasteiger partial charge < -0.3 is 9.64 Å². The Hall–Kier alpha value is -2.26. The first-order valence-electron chi connectivity index (χ1n) is 9.81. The highest BCUT2D eigenvalue weighted by Gasteiger charge is 2.44. The van der Waals surface area contributed by atoms with Crippen LogP contribution in [-0.2, 0) is 14.3 Å². The highest BCUT2D eigenvalue weighted by molar-refractivity contribution is 7.12. The molecule has 1 unspecified atom stereocenters. The minimum Gasteiger partial charge on any atom is -0.379 e. The Balaban J connectivity index is 1.56. The van der Waals surface area contributed by atoms with E-state index in [1.54, 1.807) is 41.3 Å². The number of ether oxygens (including phenoxy) is 1.